The molecule has 1 aromatic carbocycles. The largest absolute Gasteiger partial charge is 0.352 e. The van der Waals surface area contributed by atoms with Crippen molar-refractivity contribution in [3.63, 3.8) is 0 Å². The minimum atomic E-state index is -1.79. The highest BCUT2D eigenvalue weighted by atomic mass is 35.6. The molecule has 2 rings (SSSR count). The highest BCUT2D eigenvalue weighted by molar-refractivity contribution is 6.66. The van der Waals surface area contributed by atoms with Crippen molar-refractivity contribution < 1.29 is 0 Å². The van der Waals surface area contributed by atoms with Gasteiger partial charge in [-0.05, 0) is 57.6 Å². The zero-order valence-electron chi connectivity index (χ0n) is 17.0. The van der Waals surface area contributed by atoms with Crippen molar-refractivity contribution in [2.24, 2.45) is 0 Å². The molecule has 0 fully saturated rings. The third-order valence-electron chi connectivity index (χ3n) is 4.45. The Balaban J connectivity index is 2.14. The van der Waals surface area contributed by atoms with E-state index in [2.05, 4.69) is 51.3 Å². The second-order valence-electron chi connectivity index (χ2n) is 6.77. The van der Waals surface area contributed by atoms with Gasteiger partial charge in [0.25, 0.3) is 0 Å². The predicted molar refractivity (Wildman–Crippen MR) is 129 cm³/mol. The number of nitrogens with one attached hydrogen (secondary N) is 2. The van der Waals surface area contributed by atoms with Gasteiger partial charge >= 0.3 is 0 Å². The molecule has 166 valence electrons. The summed E-state index contributed by atoms with van der Waals surface area (Å²) >= 11 is 30.1. The van der Waals surface area contributed by atoms with Crippen molar-refractivity contribution in [1.29, 1.82) is 0 Å². The van der Waals surface area contributed by atoms with Gasteiger partial charge in [-0.3, -0.25) is 0 Å². The summed E-state index contributed by atoms with van der Waals surface area (Å²) in [6.45, 7) is 9.52. The molecule has 0 amide bonds. The molecule has 0 saturated carbocycles. The number of alkyl halides is 3. The van der Waals surface area contributed by atoms with Crippen LogP contribution in [0, 0.1) is 0 Å². The average molecular weight is 515 g/mol. The molecule has 0 aliphatic heterocycles. The molecule has 6 nitrogen and oxygen atoms in total. The van der Waals surface area contributed by atoms with Gasteiger partial charge in [-0.15, -0.1) is 0 Å². The van der Waals surface area contributed by atoms with Crippen molar-refractivity contribution in [2.45, 2.75) is 43.4 Å². The molecule has 0 bridgehead atoms. The summed E-state index contributed by atoms with van der Waals surface area (Å²) in [5.41, 5.74) is 0.643. The van der Waals surface area contributed by atoms with Gasteiger partial charge in [0.05, 0.1) is 10.0 Å². The monoisotopic (exact) mass is 512 g/mol. The Morgan fingerprint density at radius 3 is 2.27 bits per heavy atom. The maximum Gasteiger partial charge on any atom is 0.250 e. The third kappa shape index (κ3) is 8.06. The first-order valence-electron chi connectivity index (χ1n) is 9.66. The van der Waals surface area contributed by atoms with Crippen LogP contribution in [0.2, 0.25) is 10.0 Å². The summed E-state index contributed by atoms with van der Waals surface area (Å²) in [7, 11) is 0. The van der Waals surface area contributed by atoms with Crippen molar-refractivity contribution in [3.8, 4) is 0 Å². The number of rotatable bonds is 10. The SMILES string of the molecule is CCN(CC)CCCC(C)Nc1nc(Nc2ccc(Cl)c(Cl)c2)nc(C(Cl)(Cl)Cl)n1. The van der Waals surface area contributed by atoms with Crippen molar-refractivity contribution in [2.75, 3.05) is 30.3 Å². The molecule has 0 saturated heterocycles. The van der Waals surface area contributed by atoms with E-state index < -0.39 is 3.79 Å². The minimum absolute atomic E-state index is 0.0166. The molecule has 2 N–H and O–H groups in total. The van der Waals surface area contributed by atoms with E-state index in [0.29, 0.717) is 21.7 Å². The number of aromatic nitrogens is 3. The number of benzene rings is 1. The van der Waals surface area contributed by atoms with Crippen LogP contribution in [0.25, 0.3) is 0 Å². The van der Waals surface area contributed by atoms with E-state index in [1.54, 1.807) is 18.2 Å². The Labute approximate surface area is 202 Å². The summed E-state index contributed by atoms with van der Waals surface area (Å²) in [6, 6.07) is 5.20. The highest BCUT2D eigenvalue weighted by Gasteiger charge is 2.28. The Hall–Kier alpha value is -0.760. The molecule has 1 atom stereocenters. The van der Waals surface area contributed by atoms with Gasteiger partial charge in [-0.2, -0.15) is 15.0 Å². The summed E-state index contributed by atoms with van der Waals surface area (Å²) in [5, 5.41) is 7.16. The van der Waals surface area contributed by atoms with E-state index in [4.69, 9.17) is 58.0 Å². The summed E-state index contributed by atoms with van der Waals surface area (Å²) in [4.78, 5) is 15.3. The fourth-order valence-electron chi connectivity index (χ4n) is 2.78. The van der Waals surface area contributed by atoms with Crippen LogP contribution >= 0.6 is 58.0 Å². The van der Waals surface area contributed by atoms with E-state index >= 15 is 0 Å². The molecule has 1 aromatic heterocycles. The summed E-state index contributed by atoms with van der Waals surface area (Å²) in [5.74, 6) is 0.565. The fourth-order valence-corrected chi connectivity index (χ4v) is 3.33. The van der Waals surface area contributed by atoms with E-state index in [-0.39, 0.29) is 17.8 Å². The van der Waals surface area contributed by atoms with E-state index in [0.717, 1.165) is 32.5 Å². The van der Waals surface area contributed by atoms with E-state index in [1.807, 2.05) is 0 Å². The molecule has 0 spiro atoms. The minimum Gasteiger partial charge on any atom is -0.352 e. The van der Waals surface area contributed by atoms with Crippen LogP contribution in [0.5, 0.6) is 0 Å². The maximum absolute atomic E-state index is 6.07. The normalized spacial score (nSPS) is 12.8. The zero-order chi connectivity index (χ0) is 22.3. The molecule has 1 unspecified atom stereocenters. The first-order valence-corrected chi connectivity index (χ1v) is 11.6. The van der Waals surface area contributed by atoms with Gasteiger partial charge in [0.15, 0.2) is 5.82 Å². The molecule has 0 aliphatic rings. The second-order valence-corrected chi connectivity index (χ2v) is 9.87. The molecule has 1 heterocycles. The smallest absolute Gasteiger partial charge is 0.250 e. The zero-order valence-corrected chi connectivity index (χ0v) is 20.8. The average Bonchev–Trinajstić information content (AvgIpc) is 2.67. The van der Waals surface area contributed by atoms with Gasteiger partial charge in [-0.1, -0.05) is 71.9 Å². The highest BCUT2D eigenvalue weighted by Crippen LogP contribution is 2.37. The van der Waals surface area contributed by atoms with Crippen LogP contribution in [-0.4, -0.2) is 45.5 Å². The summed E-state index contributed by atoms with van der Waals surface area (Å²) in [6.07, 6.45) is 1.99. The molecule has 11 heteroatoms. The number of hydrogen-bond donors (Lipinski definition) is 2. The van der Waals surface area contributed by atoms with Crippen molar-refractivity contribution >= 4 is 75.6 Å². The second kappa shape index (κ2) is 11.7. The van der Waals surface area contributed by atoms with Gasteiger partial charge in [0, 0.05) is 11.7 Å². The lowest BCUT2D eigenvalue weighted by atomic mass is 10.2. The Kier molecular flexibility index (Phi) is 9.98. The van der Waals surface area contributed by atoms with Crippen LogP contribution in [0.15, 0.2) is 18.2 Å². The molecule has 0 aliphatic carbocycles. The molecular formula is C19H25Cl5N6. The number of halogens is 5. The molecule has 30 heavy (non-hydrogen) atoms. The lowest BCUT2D eigenvalue weighted by Gasteiger charge is -2.20. The molecule has 0 radical (unpaired) electrons. The van der Waals surface area contributed by atoms with Crippen LogP contribution < -0.4 is 10.6 Å². The van der Waals surface area contributed by atoms with Crippen LogP contribution in [0.4, 0.5) is 17.6 Å². The Morgan fingerprint density at radius 2 is 1.67 bits per heavy atom. The Morgan fingerprint density at radius 1 is 1.00 bits per heavy atom. The van der Waals surface area contributed by atoms with Gasteiger partial charge in [0.1, 0.15) is 0 Å². The molecule has 2 aromatic rings. The maximum atomic E-state index is 6.07. The number of hydrogen-bond acceptors (Lipinski definition) is 6. The number of anilines is 3. The summed E-state index contributed by atoms with van der Waals surface area (Å²) < 4.78 is -1.79. The van der Waals surface area contributed by atoms with E-state index in [1.165, 1.54) is 0 Å². The number of nitrogens with zero attached hydrogens (tertiary/aromatic N) is 4. The third-order valence-corrected chi connectivity index (χ3v) is 5.69. The van der Waals surface area contributed by atoms with Gasteiger partial charge in [-0.25, -0.2) is 0 Å². The fraction of sp³-hybridized carbons (Fsp3) is 0.526. The first kappa shape index (κ1) is 25.5. The van der Waals surface area contributed by atoms with Crippen molar-refractivity contribution in [3.05, 3.63) is 34.1 Å². The first-order chi connectivity index (χ1) is 14.1. The van der Waals surface area contributed by atoms with Crippen LogP contribution in [0.1, 0.15) is 39.4 Å². The predicted octanol–water partition coefficient (Wildman–Crippen LogP) is 6.67. The van der Waals surface area contributed by atoms with Crippen LogP contribution in [0.3, 0.4) is 0 Å². The lowest BCUT2D eigenvalue weighted by Crippen LogP contribution is -2.26. The Bertz CT molecular complexity index is 826. The van der Waals surface area contributed by atoms with Gasteiger partial charge < -0.3 is 15.5 Å². The van der Waals surface area contributed by atoms with Crippen LogP contribution in [-0.2, 0) is 3.79 Å². The topological polar surface area (TPSA) is 66.0 Å². The van der Waals surface area contributed by atoms with E-state index in [9.17, 15) is 0 Å². The molecular weight excluding hydrogens is 490 g/mol. The van der Waals surface area contributed by atoms with Crippen molar-refractivity contribution in [1.82, 2.24) is 19.9 Å². The standard InChI is InChI=1S/C19H25Cl5N6/c1-4-30(5-2)10-6-7-12(3)25-17-27-16(19(22,23)24)28-18(29-17)26-13-8-9-14(20)15(21)11-13/h8-9,11-12H,4-7,10H2,1-3H3,(H2,25,26,27,28,29). The quantitative estimate of drug-likeness (QED) is 0.345. The van der Waals surface area contributed by atoms with Gasteiger partial charge in [0.2, 0.25) is 15.7 Å². The lowest BCUT2D eigenvalue weighted by molar-refractivity contribution is 0.295.